The Morgan fingerprint density at radius 1 is 1.21 bits per heavy atom. The minimum atomic E-state index is 0.0342. The van der Waals surface area contributed by atoms with Crippen LogP contribution in [-0.2, 0) is 0 Å². The fourth-order valence-corrected chi connectivity index (χ4v) is 2.11. The Kier molecular flexibility index (Phi) is 5.83. The molecule has 1 rings (SSSR count). The van der Waals surface area contributed by atoms with Crippen LogP contribution in [0.25, 0.3) is 0 Å². The molecule has 4 nitrogen and oxygen atoms in total. The number of rotatable bonds is 7. The topological polar surface area (TPSA) is 32.8 Å². The Labute approximate surface area is 116 Å². The third-order valence-corrected chi connectivity index (χ3v) is 3.09. The SMILES string of the molecule is COc1cccc(N(C)CCCN(C)C)c1C(C)=O. The molecule has 0 atom stereocenters. The second kappa shape index (κ2) is 7.14. The number of carbonyl (C=O) groups is 1. The molecule has 0 spiro atoms. The van der Waals surface area contributed by atoms with E-state index in [1.165, 1.54) is 0 Å². The highest BCUT2D eigenvalue weighted by molar-refractivity contribution is 6.02. The maximum atomic E-state index is 11.8. The number of ether oxygens (including phenoxy) is 1. The number of hydrogen-bond donors (Lipinski definition) is 0. The van der Waals surface area contributed by atoms with Gasteiger partial charge in [-0.2, -0.15) is 0 Å². The lowest BCUT2D eigenvalue weighted by Gasteiger charge is -2.23. The van der Waals surface area contributed by atoms with Crippen LogP contribution in [0.5, 0.6) is 5.75 Å². The van der Waals surface area contributed by atoms with Gasteiger partial charge in [0.1, 0.15) is 5.75 Å². The smallest absolute Gasteiger partial charge is 0.165 e. The van der Waals surface area contributed by atoms with Crippen molar-refractivity contribution >= 4 is 11.5 Å². The molecule has 19 heavy (non-hydrogen) atoms. The quantitative estimate of drug-likeness (QED) is 0.707. The molecule has 0 saturated carbocycles. The van der Waals surface area contributed by atoms with E-state index in [1.54, 1.807) is 14.0 Å². The van der Waals surface area contributed by atoms with Crippen molar-refractivity contribution < 1.29 is 9.53 Å². The molecule has 0 bridgehead atoms. The highest BCUT2D eigenvalue weighted by Gasteiger charge is 2.16. The number of ketones is 1. The average Bonchev–Trinajstić information content (AvgIpc) is 2.36. The first-order valence-electron chi connectivity index (χ1n) is 6.51. The van der Waals surface area contributed by atoms with Gasteiger partial charge in [0, 0.05) is 13.6 Å². The lowest BCUT2D eigenvalue weighted by Crippen LogP contribution is -2.24. The Hall–Kier alpha value is -1.55. The number of Topliss-reactive ketones (excluding diaryl/α,β-unsaturated/α-hetero) is 1. The molecular weight excluding hydrogens is 240 g/mol. The van der Waals surface area contributed by atoms with Crippen LogP contribution in [0.15, 0.2) is 18.2 Å². The summed E-state index contributed by atoms with van der Waals surface area (Å²) < 4.78 is 5.28. The molecule has 0 saturated heterocycles. The van der Waals surface area contributed by atoms with Crippen LogP contribution in [0.3, 0.4) is 0 Å². The summed E-state index contributed by atoms with van der Waals surface area (Å²) in [6.07, 6.45) is 1.05. The fourth-order valence-electron chi connectivity index (χ4n) is 2.11. The molecule has 0 aliphatic heterocycles. The van der Waals surface area contributed by atoms with Gasteiger partial charge in [0.05, 0.1) is 18.4 Å². The largest absolute Gasteiger partial charge is 0.496 e. The van der Waals surface area contributed by atoms with Crippen LogP contribution in [0.1, 0.15) is 23.7 Å². The van der Waals surface area contributed by atoms with Crippen molar-refractivity contribution in [2.24, 2.45) is 0 Å². The summed E-state index contributed by atoms with van der Waals surface area (Å²) in [7, 11) is 7.73. The summed E-state index contributed by atoms with van der Waals surface area (Å²) >= 11 is 0. The molecule has 0 fully saturated rings. The molecular formula is C15H24N2O2. The molecule has 0 heterocycles. The third-order valence-electron chi connectivity index (χ3n) is 3.09. The molecule has 0 aliphatic carbocycles. The summed E-state index contributed by atoms with van der Waals surface area (Å²) in [5, 5.41) is 0. The van der Waals surface area contributed by atoms with E-state index in [0.29, 0.717) is 11.3 Å². The lowest BCUT2D eigenvalue weighted by atomic mass is 10.1. The van der Waals surface area contributed by atoms with E-state index in [2.05, 4.69) is 23.9 Å². The van der Waals surface area contributed by atoms with Gasteiger partial charge in [-0.3, -0.25) is 4.79 Å². The van der Waals surface area contributed by atoms with E-state index in [0.717, 1.165) is 25.2 Å². The average molecular weight is 264 g/mol. The first-order valence-corrected chi connectivity index (χ1v) is 6.51. The van der Waals surface area contributed by atoms with Crippen LogP contribution < -0.4 is 9.64 Å². The lowest BCUT2D eigenvalue weighted by molar-refractivity contribution is 0.101. The molecule has 0 unspecified atom stereocenters. The van der Waals surface area contributed by atoms with Crippen molar-refractivity contribution in [3.8, 4) is 5.75 Å². The number of carbonyl (C=O) groups excluding carboxylic acids is 1. The van der Waals surface area contributed by atoms with Gasteiger partial charge in [-0.05, 0) is 46.1 Å². The molecule has 1 aromatic carbocycles. The summed E-state index contributed by atoms with van der Waals surface area (Å²) in [5.74, 6) is 0.677. The standard InChI is InChI=1S/C15H24N2O2/c1-12(18)15-13(8-6-9-14(15)19-5)17(4)11-7-10-16(2)3/h6,8-9H,7,10-11H2,1-5H3. The van der Waals surface area contributed by atoms with E-state index in [9.17, 15) is 4.79 Å². The van der Waals surface area contributed by atoms with Gasteiger partial charge in [-0.15, -0.1) is 0 Å². The first kappa shape index (κ1) is 15.5. The third kappa shape index (κ3) is 4.24. The van der Waals surface area contributed by atoms with E-state index in [-0.39, 0.29) is 5.78 Å². The predicted octanol–water partition coefficient (Wildman–Crippen LogP) is 2.29. The Morgan fingerprint density at radius 2 is 1.89 bits per heavy atom. The van der Waals surface area contributed by atoms with Crippen molar-refractivity contribution in [2.45, 2.75) is 13.3 Å². The van der Waals surface area contributed by atoms with Gasteiger partial charge in [0.25, 0.3) is 0 Å². The summed E-state index contributed by atoms with van der Waals surface area (Å²) in [4.78, 5) is 16.1. The molecule has 106 valence electrons. The van der Waals surface area contributed by atoms with Gasteiger partial charge in [0.15, 0.2) is 5.78 Å². The van der Waals surface area contributed by atoms with Crippen molar-refractivity contribution in [3.05, 3.63) is 23.8 Å². The van der Waals surface area contributed by atoms with E-state index in [1.807, 2.05) is 25.2 Å². The normalized spacial score (nSPS) is 10.6. The number of hydrogen-bond acceptors (Lipinski definition) is 4. The molecule has 1 aromatic rings. The summed E-state index contributed by atoms with van der Waals surface area (Å²) in [6, 6.07) is 5.71. The second-order valence-corrected chi connectivity index (χ2v) is 4.99. The van der Waals surface area contributed by atoms with Crippen molar-refractivity contribution in [1.82, 2.24) is 4.90 Å². The Balaban J connectivity index is 2.89. The van der Waals surface area contributed by atoms with Crippen LogP contribution in [0.2, 0.25) is 0 Å². The number of nitrogens with zero attached hydrogens (tertiary/aromatic N) is 2. The van der Waals surface area contributed by atoms with Gasteiger partial charge in [0.2, 0.25) is 0 Å². The summed E-state index contributed by atoms with van der Waals surface area (Å²) in [5.41, 5.74) is 1.60. The highest BCUT2D eigenvalue weighted by atomic mass is 16.5. The van der Waals surface area contributed by atoms with Gasteiger partial charge in [-0.1, -0.05) is 6.07 Å². The first-order chi connectivity index (χ1) is 8.97. The number of anilines is 1. The van der Waals surface area contributed by atoms with Gasteiger partial charge in [-0.25, -0.2) is 0 Å². The van der Waals surface area contributed by atoms with Crippen LogP contribution in [0, 0.1) is 0 Å². The predicted molar refractivity (Wildman–Crippen MR) is 79.4 cm³/mol. The monoisotopic (exact) mass is 264 g/mol. The van der Waals surface area contributed by atoms with Gasteiger partial charge < -0.3 is 14.5 Å². The molecule has 0 N–H and O–H groups in total. The zero-order valence-corrected chi connectivity index (χ0v) is 12.6. The van der Waals surface area contributed by atoms with Crippen LogP contribution >= 0.6 is 0 Å². The van der Waals surface area contributed by atoms with E-state index < -0.39 is 0 Å². The fraction of sp³-hybridized carbons (Fsp3) is 0.533. The molecule has 0 aliphatic rings. The Morgan fingerprint density at radius 3 is 2.42 bits per heavy atom. The molecule has 0 amide bonds. The molecule has 4 heteroatoms. The number of methoxy groups -OCH3 is 1. The van der Waals surface area contributed by atoms with Crippen LogP contribution in [-0.4, -0.2) is 52.0 Å². The van der Waals surface area contributed by atoms with Crippen molar-refractivity contribution in [3.63, 3.8) is 0 Å². The van der Waals surface area contributed by atoms with E-state index >= 15 is 0 Å². The minimum absolute atomic E-state index is 0.0342. The molecule has 0 aromatic heterocycles. The second-order valence-electron chi connectivity index (χ2n) is 4.99. The maximum Gasteiger partial charge on any atom is 0.165 e. The van der Waals surface area contributed by atoms with Crippen molar-refractivity contribution in [2.75, 3.05) is 46.2 Å². The summed E-state index contributed by atoms with van der Waals surface area (Å²) in [6.45, 7) is 3.52. The van der Waals surface area contributed by atoms with Crippen LogP contribution in [0.4, 0.5) is 5.69 Å². The zero-order chi connectivity index (χ0) is 14.4. The number of benzene rings is 1. The minimum Gasteiger partial charge on any atom is -0.496 e. The Bertz CT molecular complexity index is 430. The molecule has 0 radical (unpaired) electrons. The maximum absolute atomic E-state index is 11.8. The van der Waals surface area contributed by atoms with Crippen molar-refractivity contribution in [1.29, 1.82) is 0 Å². The van der Waals surface area contributed by atoms with Gasteiger partial charge >= 0.3 is 0 Å². The van der Waals surface area contributed by atoms with E-state index in [4.69, 9.17) is 4.74 Å². The zero-order valence-electron chi connectivity index (χ0n) is 12.6. The highest BCUT2D eigenvalue weighted by Crippen LogP contribution is 2.29.